The highest BCUT2D eigenvalue weighted by Crippen LogP contribution is 2.31. The van der Waals surface area contributed by atoms with Crippen molar-refractivity contribution in [1.82, 2.24) is 0 Å². The van der Waals surface area contributed by atoms with Crippen molar-refractivity contribution in [2.75, 3.05) is 5.32 Å². The van der Waals surface area contributed by atoms with Gasteiger partial charge in [-0.2, -0.15) is 0 Å². The van der Waals surface area contributed by atoms with Gasteiger partial charge in [-0.1, -0.05) is 48.5 Å². The zero-order chi connectivity index (χ0) is 19.5. The number of benzene rings is 2. The molecule has 1 aliphatic rings. The van der Waals surface area contributed by atoms with Crippen LogP contribution in [0.3, 0.4) is 0 Å². The van der Waals surface area contributed by atoms with Crippen LogP contribution in [0.15, 0.2) is 60.7 Å². The second-order valence-corrected chi connectivity index (χ2v) is 8.00. The summed E-state index contributed by atoms with van der Waals surface area (Å²) in [5.74, 6) is -0.778. The summed E-state index contributed by atoms with van der Waals surface area (Å²) in [6.45, 7) is 1.60. The van der Waals surface area contributed by atoms with Crippen LogP contribution in [0.25, 0.3) is 11.1 Å². The monoisotopic (exact) mass is 391 g/mol. The number of carbonyl (C=O) groups is 2. The number of hydrogen-bond acceptors (Lipinski definition) is 4. The summed E-state index contributed by atoms with van der Waals surface area (Å²) in [7, 11) is 0. The fourth-order valence-corrected chi connectivity index (χ4v) is 4.53. The van der Waals surface area contributed by atoms with Gasteiger partial charge in [0, 0.05) is 16.1 Å². The normalized spacial score (nSPS) is 13.6. The topological polar surface area (TPSA) is 55.4 Å². The Labute approximate surface area is 168 Å². The number of rotatable bonds is 5. The van der Waals surface area contributed by atoms with Crippen LogP contribution in [0.4, 0.5) is 5.69 Å². The maximum Gasteiger partial charge on any atom is 0.349 e. The van der Waals surface area contributed by atoms with Gasteiger partial charge >= 0.3 is 5.97 Å². The van der Waals surface area contributed by atoms with Gasteiger partial charge in [0.15, 0.2) is 6.10 Å². The molecule has 142 valence electrons. The Hall–Kier alpha value is -2.92. The minimum absolute atomic E-state index is 0.346. The van der Waals surface area contributed by atoms with E-state index in [0.29, 0.717) is 10.6 Å². The number of aryl methyl sites for hydroxylation is 2. The second kappa shape index (κ2) is 7.98. The molecule has 1 atom stereocenters. The summed E-state index contributed by atoms with van der Waals surface area (Å²) in [5, 5.41) is 2.89. The predicted octanol–water partition coefficient (Wildman–Crippen LogP) is 5.09. The smallest absolute Gasteiger partial charge is 0.349 e. The Morgan fingerprint density at radius 1 is 1.04 bits per heavy atom. The first kappa shape index (κ1) is 18.4. The highest BCUT2D eigenvalue weighted by molar-refractivity contribution is 7.14. The molecule has 1 heterocycles. The zero-order valence-corrected chi connectivity index (χ0v) is 16.4. The van der Waals surface area contributed by atoms with Gasteiger partial charge in [0.1, 0.15) is 4.88 Å². The van der Waals surface area contributed by atoms with Crippen molar-refractivity contribution in [3.63, 3.8) is 0 Å². The highest BCUT2D eigenvalue weighted by atomic mass is 32.1. The van der Waals surface area contributed by atoms with E-state index in [1.165, 1.54) is 21.8 Å². The van der Waals surface area contributed by atoms with Crippen LogP contribution >= 0.6 is 11.3 Å². The average Bonchev–Trinajstić information content (AvgIpc) is 3.31. The van der Waals surface area contributed by atoms with E-state index in [1.807, 2.05) is 60.7 Å². The molecule has 0 saturated heterocycles. The Bertz CT molecular complexity index is 988. The quantitative estimate of drug-likeness (QED) is 0.617. The van der Waals surface area contributed by atoms with Gasteiger partial charge in [0.2, 0.25) is 0 Å². The van der Waals surface area contributed by atoms with Crippen LogP contribution in [0, 0.1) is 0 Å². The number of para-hydroxylation sites is 1. The summed E-state index contributed by atoms with van der Waals surface area (Å²) in [6.07, 6.45) is 2.31. The van der Waals surface area contributed by atoms with Crippen LogP contribution < -0.4 is 5.32 Å². The molecular formula is C23H21NO3S. The lowest BCUT2D eigenvalue weighted by Gasteiger charge is -2.15. The van der Waals surface area contributed by atoms with Gasteiger partial charge in [-0.3, -0.25) is 4.79 Å². The first-order chi connectivity index (χ1) is 13.6. The van der Waals surface area contributed by atoms with Crippen molar-refractivity contribution < 1.29 is 14.3 Å². The molecule has 2 aromatic carbocycles. The molecule has 0 radical (unpaired) electrons. The van der Waals surface area contributed by atoms with Crippen LogP contribution in [0.2, 0.25) is 0 Å². The Kier molecular flexibility index (Phi) is 5.26. The molecule has 0 unspecified atom stereocenters. The van der Waals surface area contributed by atoms with E-state index >= 15 is 0 Å². The van der Waals surface area contributed by atoms with E-state index in [9.17, 15) is 9.59 Å². The molecule has 1 N–H and O–H groups in total. The second-order valence-electron chi connectivity index (χ2n) is 6.86. The summed E-state index contributed by atoms with van der Waals surface area (Å²) >= 11 is 1.48. The van der Waals surface area contributed by atoms with Gasteiger partial charge in [0.05, 0.1) is 0 Å². The Morgan fingerprint density at radius 2 is 1.79 bits per heavy atom. The van der Waals surface area contributed by atoms with Crippen molar-refractivity contribution in [3.8, 4) is 11.1 Å². The zero-order valence-electron chi connectivity index (χ0n) is 15.6. The van der Waals surface area contributed by atoms with Gasteiger partial charge in [-0.25, -0.2) is 4.79 Å². The van der Waals surface area contributed by atoms with E-state index in [4.69, 9.17) is 4.74 Å². The number of carbonyl (C=O) groups excluding carboxylic acids is 2. The molecule has 4 rings (SSSR count). The molecule has 0 saturated carbocycles. The molecule has 1 amide bonds. The number of amides is 1. The van der Waals surface area contributed by atoms with Crippen molar-refractivity contribution in [2.24, 2.45) is 0 Å². The molecule has 1 aliphatic carbocycles. The first-order valence-electron chi connectivity index (χ1n) is 9.39. The number of ether oxygens (including phenoxy) is 1. The first-order valence-corrected chi connectivity index (χ1v) is 10.2. The lowest BCUT2D eigenvalue weighted by molar-refractivity contribution is -0.123. The van der Waals surface area contributed by atoms with Gasteiger partial charge in [-0.15, -0.1) is 11.3 Å². The van der Waals surface area contributed by atoms with Gasteiger partial charge < -0.3 is 10.1 Å². The molecule has 0 fully saturated rings. The lowest BCUT2D eigenvalue weighted by Crippen LogP contribution is -2.30. The molecule has 0 spiro atoms. The number of thiophene rings is 1. The summed E-state index contributed by atoms with van der Waals surface area (Å²) < 4.78 is 5.41. The minimum Gasteiger partial charge on any atom is -0.448 e. The minimum atomic E-state index is -0.881. The fraction of sp³-hybridized carbons (Fsp3) is 0.217. The van der Waals surface area contributed by atoms with E-state index in [-0.39, 0.29) is 5.91 Å². The SMILES string of the molecule is C[C@H](OC(=O)c1cc2c(s1)CCC2)C(=O)Nc1ccccc1-c1ccccc1. The van der Waals surface area contributed by atoms with E-state index < -0.39 is 12.1 Å². The van der Waals surface area contributed by atoms with Crippen molar-refractivity contribution in [2.45, 2.75) is 32.3 Å². The summed E-state index contributed by atoms with van der Waals surface area (Å²) in [5.41, 5.74) is 3.86. The summed E-state index contributed by atoms with van der Waals surface area (Å²) in [6, 6.07) is 19.3. The molecule has 1 aromatic heterocycles. The third-order valence-corrected chi connectivity index (χ3v) is 6.09. The van der Waals surface area contributed by atoms with Crippen molar-refractivity contribution >= 4 is 28.9 Å². The van der Waals surface area contributed by atoms with E-state index in [0.717, 1.165) is 30.4 Å². The highest BCUT2D eigenvalue weighted by Gasteiger charge is 2.23. The Morgan fingerprint density at radius 3 is 2.57 bits per heavy atom. The molecule has 4 nitrogen and oxygen atoms in total. The molecule has 0 bridgehead atoms. The van der Waals surface area contributed by atoms with E-state index in [1.54, 1.807) is 6.92 Å². The number of anilines is 1. The summed E-state index contributed by atoms with van der Waals surface area (Å²) in [4.78, 5) is 26.9. The van der Waals surface area contributed by atoms with Crippen LogP contribution in [0.5, 0.6) is 0 Å². The van der Waals surface area contributed by atoms with Crippen molar-refractivity contribution in [1.29, 1.82) is 0 Å². The number of hydrogen-bond donors (Lipinski definition) is 1. The third kappa shape index (κ3) is 3.85. The van der Waals surface area contributed by atoms with Crippen LogP contribution in [-0.4, -0.2) is 18.0 Å². The molecule has 3 aromatic rings. The molecular weight excluding hydrogens is 370 g/mol. The van der Waals surface area contributed by atoms with E-state index in [2.05, 4.69) is 5.32 Å². The Balaban J connectivity index is 1.44. The van der Waals surface area contributed by atoms with Gasteiger partial charge in [-0.05, 0) is 49.4 Å². The average molecular weight is 391 g/mol. The number of nitrogens with one attached hydrogen (secondary N) is 1. The lowest BCUT2D eigenvalue weighted by atomic mass is 10.0. The van der Waals surface area contributed by atoms with Crippen LogP contribution in [0.1, 0.15) is 33.5 Å². The standard InChI is InChI=1S/C23H21NO3S/c1-15(27-23(26)21-14-17-10-7-13-20(17)28-21)22(25)24-19-12-6-5-11-18(19)16-8-3-2-4-9-16/h2-6,8-9,11-12,14-15H,7,10,13H2,1H3,(H,24,25)/t15-/m0/s1. The molecule has 5 heteroatoms. The van der Waals surface area contributed by atoms with Gasteiger partial charge in [0.25, 0.3) is 5.91 Å². The maximum atomic E-state index is 12.6. The van der Waals surface area contributed by atoms with Crippen molar-refractivity contribution in [3.05, 3.63) is 76.0 Å². The third-order valence-electron chi connectivity index (χ3n) is 4.87. The predicted molar refractivity (Wildman–Crippen MR) is 112 cm³/mol. The number of esters is 1. The van der Waals surface area contributed by atoms with Crippen LogP contribution in [-0.2, 0) is 22.4 Å². The number of fused-ring (bicyclic) bond motifs is 1. The maximum absolute atomic E-state index is 12.6. The largest absolute Gasteiger partial charge is 0.448 e. The fourth-order valence-electron chi connectivity index (χ4n) is 3.40. The molecule has 28 heavy (non-hydrogen) atoms. The molecule has 0 aliphatic heterocycles.